The number of rotatable bonds is 9. The Bertz CT molecular complexity index is 491. The number of aromatic hydroxyl groups is 1. The fourth-order valence-corrected chi connectivity index (χ4v) is 2.09. The second-order valence-electron chi connectivity index (χ2n) is 4.87. The maximum absolute atomic E-state index is 11.7. The fraction of sp³-hybridized carbons (Fsp3) is 0.467. The van der Waals surface area contributed by atoms with Gasteiger partial charge in [0.25, 0.3) is 0 Å². The van der Waals surface area contributed by atoms with Crippen LogP contribution in [0.3, 0.4) is 0 Å². The van der Waals surface area contributed by atoms with E-state index in [2.05, 4.69) is 5.32 Å². The number of carboxylic acids is 1. The number of amides is 1. The molecule has 0 heterocycles. The minimum Gasteiger partial charge on any atom is -0.506 e. The van der Waals surface area contributed by atoms with Crippen LogP contribution in [0.2, 0.25) is 5.02 Å². The van der Waals surface area contributed by atoms with Gasteiger partial charge in [-0.05, 0) is 31.0 Å². The molecule has 0 aliphatic rings. The topological polar surface area (TPSA) is 86.6 Å². The molecule has 0 spiro atoms. The number of hydrogen-bond donors (Lipinski definition) is 3. The molecule has 21 heavy (non-hydrogen) atoms. The van der Waals surface area contributed by atoms with Gasteiger partial charge in [-0.1, -0.05) is 30.9 Å². The molecule has 116 valence electrons. The quantitative estimate of drug-likeness (QED) is 0.478. The van der Waals surface area contributed by atoms with E-state index in [-0.39, 0.29) is 18.1 Å². The Morgan fingerprint density at radius 1 is 1.05 bits per heavy atom. The first kappa shape index (κ1) is 17.3. The van der Waals surface area contributed by atoms with Crippen molar-refractivity contribution in [2.45, 2.75) is 44.9 Å². The zero-order valence-electron chi connectivity index (χ0n) is 11.8. The van der Waals surface area contributed by atoms with Crippen LogP contribution in [0.15, 0.2) is 18.2 Å². The van der Waals surface area contributed by atoms with Gasteiger partial charge in [0.15, 0.2) is 0 Å². The average Bonchev–Trinajstić information content (AvgIpc) is 2.41. The highest BCUT2D eigenvalue weighted by atomic mass is 35.5. The Hall–Kier alpha value is -1.75. The molecule has 0 bridgehead atoms. The van der Waals surface area contributed by atoms with Crippen molar-refractivity contribution in [2.75, 3.05) is 5.32 Å². The molecule has 0 fully saturated rings. The lowest BCUT2D eigenvalue weighted by Gasteiger charge is -2.07. The highest BCUT2D eigenvalue weighted by Crippen LogP contribution is 2.26. The van der Waals surface area contributed by atoms with Crippen molar-refractivity contribution in [1.29, 1.82) is 0 Å². The molecule has 5 nitrogen and oxygen atoms in total. The third-order valence-electron chi connectivity index (χ3n) is 3.03. The second kappa shape index (κ2) is 9.23. The summed E-state index contributed by atoms with van der Waals surface area (Å²) in [4.78, 5) is 22.0. The Morgan fingerprint density at radius 3 is 2.33 bits per heavy atom. The van der Waals surface area contributed by atoms with Gasteiger partial charge in [-0.15, -0.1) is 0 Å². The van der Waals surface area contributed by atoms with Gasteiger partial charge in [-0.25, -0.2) is 0 Å². The molecule has 0 aromatic heterocycles. The van der Waals surface area contributed by atoms with Gasteiger partial charge in [0.1, 0.15) is 5.75 Å². The van der Waals surface area contributed by atoms with Gasteiger partial charge in [-0.3, -0.25) is 9.59 Å². The van der Waals surface area contributed by atoms with Gasteiger partial charge in [-0.2, -0.15) is 0 Å². The van der Waals surface area contributed by atoms with E-state index in [0.29, 0.717) is 23.6 Å². The molecule has 0 atom stereocenters. The van der Waals surface area contributed by atoms with Crippen LogP contribution in [-0.2, 0) is 9.59 Å². The third kappa shape index (κ3) is 7.56. The third-order valence-corrected chi connectivity index (χ3v) is 3.26. The first-order valence-electron chi connectivity index (χ1n) is 6.99. The van der Waals surface area contributed by atoms with Crippen molar-refractivity contribution in [1.82, 2.24) is 0 Å². The SMILES string of the molecule is O=C(O)CCCCCCCC(=O)Nc1cc(Cl)ccc1O. The van der Waals surface area contributed by atoms with E-state index < -0.39 is 5.97 Å². The number of unbranched alkanes of at least 4 members (excludes halogenated alkanes) is 4. The summed E-state index contributed by atoms with van der Waals surface area (Å²) in [6.07, 6.45) is 4.65. The molecule has 1 rings (SSSR count). The van der Waals surface area contributed by atoms with Crippen LogP contribution >= 0.6 is 11.6 Å². The van der Waals surface area contributed by atoms with Gasteiger partial charge in [0, 0.05) is 17.9 Å². The molecule has 1 aromatic carbocycles. The highest BCUT2D eigenvalue weighted by molar-refractivity contribution is 6.31. The monoisotopic (exact) mass is 313 g/mol. The molecule has 0 aliphatic heterocycles. The number of hydrogen-bond acceptors (Lipinski definition) is 3. The van der Waals surface area contributed by atoms with Crippen LogP contribution < -0.4 is 5.32 Å². The zero-order valence-corrected chi connectivity index (χ0v) is 12.5. The van der Waals surface area contributed by atoms with E-state index in [9.17, 15) is 14.7 Å². The maximum Gasteiger partial charge on any atom is 0.303 e. The van der Waals surface area contributed by atoms with E-state index in [1.807, 2.05) is 0 Å². The van der Waals surface area contributed by atoms with Gasteiger partial charge in [0.2, 0.25) is 5.91 Å². The molecule has 1 amide bonds. The van der Waals surface area contributed by atoms with E-state index >= 15 is 0 Å². The van der Waals surface area contributed by atoms with E-state index in [1.54, 1.807) is 6.07 Å². The molecule has 0 saturated heterocycles. The number of phenols is 1. The molecule has 3 N–H and O–H groups in total. The summed E-state index contributed by atoms with van der Waals surface area (Å²) in [5.74, 6) is -0.949. The standard InChI is InChI=1S/C15H20ClNO4/c16-11-8-9-13(18)12(10-11)17-14(19)6-4-2-1-3-5-7-15(20)21/h8-10,18H,1-7H2,(H,17,19)(H,20,21). The summed E-state index contributed by atoms with van der Waals surface area (Å²) in [5, 5.41) is 21.1. The van der Waals surface area contributed by atoms with Crippen molar-refractivity contribution < 1.29 is 19.8 Å². The number of benzene rings is 1. The highest BCUT2D eigenvalue weighted by Gasteiger charge is 2.07. The Kier molecular flexibility index (Phi) is 7.61. The zero-order chi connectivity index (χ0) is 15.7. The molecule has 1 aromatic rings. The molecular weight excluding hydrogens is 294 g/mol. The smallest absolute Gasteiger partial charge is 0.303 e. The van der Waals surface area contributed by atoms with Gasteiger partial charge < -0.3 is 15.5 Å². The van der Waals surface area contributed by atoms with Crippen LogP contribution in [0, 0.1) is 0 Å². The number of nitrogens with one attached hydrogen (secondary N) is 1. The normalized spacial score (nSPS) is 10.3. The van der Waals surface area contributed by atoms with Crippen LogP contribution in [0.25, 0.3) is 0 Å². The summed E-state index contributed by atoms with van der Waals surface area (Å²) in [7, 11) is 0. The molecular formula is C15H20ClNO4. The minimum absolute atomic E-state index is 0.0126. The van der Waals surface area contributed by atoms with Crippen LogP contribution in [0.1, 0.15) is 44.9 Å². The lowest BCUT2D eigenvalue weighted by molar-refractivity contribution is -0.137. The van der Waals surface area contributed by atoms with Crippen molar-refractivity contribution >= 4 is 29.2 Å². The van der Waals surface area contributed by atoms with Crippen LogP contribution in [0.4, 0.5) is 5.69 Å². The molecule has 0 saturated carbocycles. The predicted octanol–water partition coefficient (Wildman–Crippen LogP) is 3.80. The largest absolute Gasteiger partial charge is 0.506 e. The Labute approximate surface area is 128 Å². The molecule has 0 unspecified atom stereocenters. The number of carbonyl (C=O) groups is 2. The minimum atomic E-state index is -0.768. The van der Waals surface area contributed by atoms with Gasteiger partial charge >= 0.3 is 5.97 Å². The lowest BCUT2D eigenvalue weighted by Crippen LogP contribution is -2.11. The summed E-state index contributed by atoms with van der Waals surface area (Å²) in [5.41, 5.74) is 0.314. The first-order valence-corrected chi connectivity index (χ1v) is 7.37. The number of phenolic OH excluding ortho intramolecular Hbond substituents is 1. The van der Waals surface area contributed by atoms with E-state index in [0.717, 1.165) is 25.7 Å². The Morgan fingerprint density at radius 2 is 1.67 bits per heavy atom. The number of carbonyl (C=O) groups excluding carboxylic acids is 1. The number of carboxylic acid groups (broad SMARTS) is 1. The molecule has 6 heteroatoms. The fourth-order valence-electron chi connectivity index (χ4n) is 1.91. The predicted molar refractivity (Wildman–Crippen MR) is 81.7 cm³/mol. The van der Waals surface area contributed by atoms with Crippen molar-refractivity contribution in [2.24, 2.45) is 0 Å². The number of anilines is 1. The second-order valence-corrected chi connectivity index (χ2v) is 5.31. The number of aliphatic carboxylic acids is 1. The van der Waals surface area contributed by atoms with Gasteiger partial charge in [0.05, 0.1) is 5.69 Å². The summed E-state index contributed by atoms with van der Waals surface area (Å²) in [6.45, 7) is 0. The summed E-state index contributed by atoms with van der Waals surface area (Å²) >= 11 is 5.79. The Balaban J connectivity index is 2.17. The summed E-state index contributed by atoms with van der Waals surface area (Å²) < 4.78 is 0. The van der Waals surface area contributed by atoms with E-state index in [4.69, 9.17) is 16.7 Å². The molecule has 0 radical (unpaired) electrons. The summed E-state index contributed by atoms with van der Waals surface area (Å²) in [6, 6.07) is 4.48. The van der Waals surface area contributed by atoms with E-state index in [1.165, 1.54) is 12.1 Å². The average molecular weight is 314 g/mol. The van der Waals surface area contributed by atoms with Crippen molar-refractivity contribution in [3.63, 3.8) is 0 Å². The molecule has 0 aliphatic carbocycles. The van der Waals surface area contributed by atoms with Crippen LogP contribution in [-0.4, -0.2) is 22.1 Å². The maximum atomic E-state index is 11.7. The first-order chi connectivity index (χ1) is 9.99. The van der Waals surface area contributed by atoms with Crippen LogP contribution in [0.5, 0.6) is 5.75 Å². The number of halogens is 1. The van der Waals surface area contributed by atoms with Crippen molar-refractivity contribution in [3.8, 4) is 5.75 Å². The van der Waals surface area contributed by atoms with Crippen molar-refractivity contribution in [3.05, 3.63) is 23.2 Å². The lowest BCUT2D eigenvalue weighted by atomic mass is 10.1.